The van der Waals surface area contributed by atoms with Crippen LogP contribution in [-0.2, 0) is 6.42 Å². The summed E-state index contributed by atoms with van der Waals surface area (Å²) in [6.45, 7) is 4.15. The Morgan fingerprint density at radius 3 is 2.62 bits per heavy atom. The molecule has 1 heterocycles. The lowest BCUT2D eigenvalue weighted by Gasteiger charge is -2.13. The van der Waals surface area contributed by atoms with Crippen molar-refractivity contribution in [3.63, 3.8) is 0 Å². The van der Waals surface area contributed by atoms with Crippen molar-refractivity contribution >= 4 is 11.6 Å². The number of halogens is 1. The number of H-pyrrole nitrogens is 1. The summed E-state index contributed by atoms with van der Waals surface area (Å²) in [6.07, 6.45) is 0.685. The Labute approximate surface area is 169 Å². The number of carbonyl (C=O) groups is 1. The molecule has 0 unspecified atom stereocenters. The minimum atomic E-state index is -0.468. The highest BCUT2D eigenvalue weighted by molar-refractivity contribution is 6.06. The third-order valence-electron chi connectivity index (χ3n) is 4.44. The number of ether oxygens (including phenoxy) is 2. The van der Waals surface area contributed by atoms with Gasteiger partial charge in [0.05, 0.1) is 25.6 Å². The fourth-order valence-corrected chi connectivity index (χ4v) is 3.07. The van der Waals surface area contributed by atoms with Crippen molar-refractivity contribution in [1.29, 1.82) is 0 Å². The van der Waals surface area contributed by atoms with E-state index >= 15 is 0 Å². The van der Waals surface area contributed by atoms with Crippen molar-refractivity contribution < 1.29 is 18.7 Å². The van der Waals surface area contributed by atoms with Gasteiger partial charge in [0.15, 0.2) is 0 Å². The lowest BCUT2D eigenvalue weighted by Crippen LogP contribution is -2.14. The standard InChI is InChI=1S/C22H24FN3O3/c1-13(2)10-18-21(24-22(27)14-6-5-7-15(23)11-14)20(26-25-18)17-9-8-16(28-3)12-19(17)29-4/h5-9,11-13H,10H2,1-4H3,(H,24,27)(H,25,26). The number of hydrogen-bond acceptors (Lipinski definition) is 4. The first-order valence-electron chi connectivity index (χ1n) is 9.29. The predicted octanol–water partition coefficient (Wildman–Crippen LogP) is 4.68. The van der Waals surface area contributed by atoms with E-state index in [2.05, 4.69) is 29.4 Å². The highest BCUT2D eigenvalue weighted by Crippen LogP contribution is 2.38. The summed E-state index contributed by atoms with van der Waals surface area (Å²) in [5.41, 5.74) is 2.82. The van der Waals surface area contributed by atoms with Gasteiger partial charge in [0.25, 0.3) is 5.91 Å². The first kappa shape index (κ1) is 20.4. The minimum Gasteiger partial charge on any atom is -0.497 e. The Hall–Kier alpha value is -3.35. The number of aromatic nitrogens is 2. The van der Waals surface area contributed by atoms with Crippen LogP contribution in [0.5, 0.6) is 11.5 Å². The molecule has 3 aromatic rings. The smallest absolute Gasteiger partial charge is 0.255 e. The van der Waals surface area contributed by atoms with E-state index in [1.54, 1.807) is 32.4 Å². The number of nitrogens with zero attached hydrogens (tertiary/aromatic N) is 1. The van der Waals surface area contributed by atoms with Crippen LogP contribution >= 0.6 is 0 Å². The molecule has 0 atom stereocenters. The maximum absolute atomic E-state index is 13.5. The molecule has 0 aliphatic heterocycles. The number of rotatable bonds is 7. The van der Waals surface area contributed by atoms with Crippen LogP contribution in [-0.4, -0.2) is 30.3 Å². The number of amides is 1. The van der Waals surface area contributed by atoms with Crippen LogP contribution in [0, 0.1) is 11.7 Å². The molecule has 1 amide bonds. The van der Waals surface area contributed by atoms with Gasteiger partial charge >= 0.3 is 0 Å². The van der Waals surface area contributed by atoms with Gasteiger partial charge in [-0.1, -0.05) is 19.9 Å². The Morgan fingerprint density at radius 1 is 1.17 bits per heavy atom. The fraction of sp³-hybridized carbons (Fsp3) is 0.273. The molecular formula is C22H24FN3O3. The second kappa shape index (κ2) is 8.77. The summed E-state index contributed by atoms with van der Waals surface area (Å²) in [6, 6.07) is 10.9. The zero-order chi connectivity index (χ0) is 21.0. The highest BCUT2D eigenvalue weighted by atomic mass is 19.1. The van der Waals surface area contributed by atoms with Gasteiger partial charge in [0.1, 0.15) is 23.0 Å². The molecule has 1 aromatic heterocycles. The number of methoxy groups -OCH3 is 2. The Morgan fingerprint density at radius 2 is 1.97 bits per heavy atom. The van der Waals surface area contributed by atoms with Crippen LogP contribution in [0.2, 0.25) is 0 Å². The van der Waals surface area contributed by atoms with Gasteiger partial charge in [-0.25, -0.2) is 4.39 Å². The van der Waals surface area contributed by atoms with Crippen LogP contribution in [0.25, 0.3) is 11.3 Å². The Kier molecular flexibility index (Phi) is 6.16. The summed E-state index contributed by atoms with van der Waals surface area (Å²) >= 11 is 0. The normalized spacial score (nSPS) is 10.8. The van der Waals surface area contributed by atoms with Crippen molar-refractivity contribution in [3.8, 4) is 22.8 Å². The van der Waals surface area contributed by atoms with E-state index in [1.807, 2.05) is 6.07 Å². The highest BCUT2D eigenvalue weighted by Gasteiger charge is 2.21. The first-order chi connectivity index (χ1) is 13.9. The van der Waals surface area contributed by atoms with Gasteiger partial charge < -0.3 is 14.8 Å². The van der Waals surface area contributed by atoms with Crippen LogP contribution in [0.4, 0.5) is 10.1 Å². The summed E-state index contributed by atoms with van der Waals surface area (Å²) < 4.78 is 24.3. The van der Waals surface area contributed by atoms with Crippen molar-refractivity contribution in [2.45, 2.75) is 20.3 Å². The number of nitrogens with one attached hydrogen (secondary N) is 2. The monoisotopic (exact) mass is 397 g/mol. The van der Waals surface area contributed by atoms with E-state index in [1.165, 1.54) is 18.2 Å². The van der Waals surface area contributed by atoms with E-state index < -0.39 is 11.7 Å². The van der Waals surface area contributed by atoms with Gasteiger partial charge in [-0.3, -0.25) is 9.89 Å². The van der Waals surface area contributed by atoms with E-state index in [0.717, 1.165) is 5.69 Å². The van der Waals surface area contributed by atoms with Gasteiger partial charge in [0.2, 0.25) is 0 Å². The third-order valence-corrected chi connectivity index (χ3v) is 4.44. The largest absolute Gasteiger partial charge is 0.497 e. The van der Waals surface area contributed by atoms with Crippen molar-refractivity contribution in [2.75, 3.05) is 19.5 Å². The Balaban J connectivity index is 2.05. The molecule has 7 heteroatoms. The SMILES string of the molecule is COc1ccc(-c2n[nH]c(CC(C)C)c2NC(=O)c2cccc(F)c2)c(OC)c1. The van der Waals surface area contributed by atoms with Crippen molar-refractivity contribution in [2.24, 2.45) is 5.92 Å². The maximum Gasteiger partial charge on any atom is 0.255 e. The zero-order valence-corrected chi connectivity index (χ0v) is 16.9. The summed E-state index contributed by atoms with van der Waals surface area (Å²) in [5, 5.41) is 10.4. The van der Waals surface area contributed by atoms with E-state index in [-0.39, 0.29) is 5.56 Å². The number of carbonyl (C=O) groups excluding carboxylic acids is 1. The minimum absolute atomic E-state index is 0.231. The molecule has 6 nitrogen and oxygen atoms in total. The van der Waals surface area contributed by atoms with Gasteiger partial charge in [-0.15, -0.1) is 0 Å². The van der Waals surface area contributed by atoms with Crippen LogP contribution < -0.4 is 14.8 Å². The molecule has 0 fully saturated rings. The third kappa shape index (κ3) is 4.56. The second-order valence-electron chi connectivity index (χ2n) is 7.05. The lowest BCUT2D eigenvalue weighted by atomic mass is 10.0. The maximum atomic E-state index is 13.5. The summed E-state index contributed by atoms with van der Waals surface area (Å²) in [7, 11) is 3.14. The molecule has 0 bridgehead atoms. The van der Waals surface area contributed by atoms with E-state index in [4.69, 9.17) is 9.47 Å². The number of hydrogen-bond donors (Lipinski definition) is 2. The molecule has 29 heavy (non-hydrogen) atoms. The quantitative estimate of drug-likeness (QED) is 0.607. The zero-order valence-electron chi connectivity index (χ0n) is 16.9. The molecule has 0 radical (unpaired) electrons. The van der Waals surface area contributed by atoms with Crippen molar-refractivity contribution in [1.82, 2.24) is 10.2 Å². The van der Waals surface area contributed by atoms with Crippen LogP contribution in [0.15, 0.2) is 42.5 Å². The average Bonchev–Trinajstić information content (AvgIpc) is 3.08. The van der Waals surface area contributed by atoms with Gasteiger partial charge in [-0.05, 0) is 42.7 Å². The molecular weight excluding hydrogens is 373 g/mol. The average molecular weight is 397 g/mol. The van der Waals surface area contributed by atoms with Gasteiger partial charge in [-0.2, -0.15) is 5.10 Å². The molecule has 0 spiro atoms. The molecule has 0 aliphatic carbocycles. The van der Waals surface area contributed by atoms with Crippen LogP contribution in [0.3, 0.4) is 0 Å². The van der Waals surface area contributed by atoms with Crippen molar-refractivity contribution in [3.05, 3.63) is 59.5 Å². The van der Waals surface area contributed by atoms with Gasteiger partial charge in [0, 0.05) is 17.2 Å². The first-order valence-corrected chi connectivity index (χ1v) is 9.29. The van der Waals surface area contributed by atoms with E-state index in [0.29, 0.717) is 40.8 Å². The number of aromatic amines is 1. The molecule has 2 aromatic carbocycles. The summed E-state index contributed by atoms with van der Waals surface area (Å²) in [4.78, 5) is 12.8. The number of anilines is 1. The molecule has 2 N–H and O–H groups in total. The molecule has 0 saturated heterocycles. The van der Waals surface area contributed by atoms with E-state index in [9.17, 15) is 9.18 Å². The number of benzene rings is 2. The molecule has 3 rings (SSSR count). The topological polar surface area (TPSA) is 76.2 Å². The molecule has 0 saturated carbocycles. The fourth-order valence-electron chi connectivity index (χ4n) is 3.07. The second-order valence-corrected chi connectivity index (χ2v) is 7.05. The summed E-state index contributed by atoms with van der Waals surface area (Å²) in [5.74, 6) is 0.668. The predicted molar refractivity (Wildman–Crippen MR) is 110 cm³/mol. The van der Waals surface area contributed by atoms with Crippen LogP contribution in [0.1, 0.15) is 29.9 Å². The lowest BCUT2D eigenvalue weighted by molar-refractivity contribution is 0.102. The molecule has 0 aliphatic rings. The Bertz CT molecular complexity index is 1010. The molecule has 152 valence electrons.